The summed E-state index contributed by atoms with van der Waals surface area (Å²) in [6.07, 6.45) is 6.35. The first-order chi connectivity index (χ1) is 9.85. The summed E-state index contributed by atoms with van der Waals surface area (Å²) in [6.45, 7) is 0.587. The van der Waals surface area contributed by atoms with Crippen LogP contribution in [-0.4, -0.2) is 13.7 Å². The number of hydrogen-bond donors (Lipinski definition) is 0. The average Bonchev–Trinajstić information content (AvgIpc) is 2.53. The highest BCUT2D eigenvalue weighted by Crippen LogP contribution is 2.30. The lowest BCUT2D eigenvalue weighted by Gasteiger charge is -2.16. The summed E-state index contributed by atoms with van der Waals surface area (Å²) in [5.41, 5.74) is 3.44. The molecule has 0 aliphatic carbocycles. The van der Waals surface area contributed by atoms with Crippen molar-refractivity contribution in [1.82, 2.24) is 0 Å². The molecule has 0 spiro atoms. The normalized spacial score (nSPS) is 13.6. The molecule has 0 atom stereocenters. The van der Waals surface area contributed by atoms with Gasteiger partial charge in [0.1, 0.15) is 18.1 Å². The fraction of sp³-hybridized carbons (Fsp3) is 0.111. The predicted molar refractivity (Wildman–Crippen MR) is 81.9 cm³/mol. The minimum absolute atomic E-state index is 0.587. The highest BCUT2D eigenvalue weighted by Gasteiger charge is 2.10. The average molecular weight is 264 g/mol. The molecule has 0 fully saturated rings. The smallest absolute Gasteiger partial charge is 0.130 e. The molecule has 0 unspecified atom stereocenters. The minimum Gasteiger partial charge on any atom is -0.497 e. The van der Waals surface area contributed by atoms with Crippen LogP contribution in [0, 0.1) is 0 Å². The van der Waals surface area contributed by atoms with E-state index < -0.39 is 0 Å². The number of methoxy groups -OCH3 is 1. The van der Waals surface area contributed by atoms with Gasteiger partial charge in [0, 0.05) is 11.6 Å². The molecule has 2 heteroatoms. The molecule has 0 bridgehead atoms. The number of fused-ring (bicyclic) bond motifs is 1. The molecule has 1 aliphatic heterocycles. The first-order valence-electron chi connectivity index (χ1n) is 6.60. The van der Waals surface area contributed by atoms with Crippen molar-refractivity contribution >= 4 is 12.2 Å². The Morgan fingerprint density at radius 3 is 2.70 bits per heavy atom. The van der Waals surface area contributed by atoms with E-state index in [9.17, 15) is 0 Å². The van der Waals surface area contributed by atoms with Crippen molar-refractivity contribution in [3.63, 3.8) is 0 Å². The summed E-state index contributed by atoms with van der Waals surface area (Å²) < 4.78 is 11.0. The van der Waals surface area contributed by atoms with E-state index in [2.05, 4.69) is 30.4 Å². The lowest BCUT2D eigenvalue weighted by molar-refractivity contribution is 0.346. The van der Waals surface area contributed by atoms with Gasteiger partial charge in [0.05, 0.1) is 7.11 Å². The van der Waals surface area contributed by atoms with Crippen molar-refractivity contribution < 1.29 is 9.47 Å². The van der Waals surface area contributed by atoms with E-state index in [-0.39, 0.29) is 0 Å². The van der Waals surface area contributed by atoms with Crippen molar-refractivity contribution in [2.45, 2.75) is 0 Å². The van der Waals surface area contributed by atoms with Gasteiger partial charge < -0.3 is 9.47 Å². The van der Waals surface area contributed by atoms with Crippen LogP contribution in [0.4, 0.5) is 0 Å². The third kappa shape index (κ3) is 2.75. The Kier molecular flexibility index (Phi) is 3.55. The maximum Gasteiger partial charge on any atom is 0.130 e. The lowest BCUT2D eigenvalue weighted by atomic mass is 10.1. The monoisotopic (exact) mass is 264 g/mol. The molecule has 1 heterocycles. The summed E-state index contributed by atoms with van der Waals surface area (Å²) >= 11 is 0. The van der Waals surface area contributed by atoms with E-state index in [0.29, 0.717) is 6.61 Å². The van der Waals surface area contributed by atoms with Crippen molar-refractivity contribution in [2.75, 3.05) is 13.7 Å². The van der Waals surface area contributed by atoms with E-state index in [1.54, 1.807) is 7.11 Å². The second kappa shape index (κ2) is 5.66. The van der Waals surface area contributed by atoms with Gasteiger partial charge in [-0.3, -0.25) is 0 Å². The van der Waals surface area contributed by atoms with Gasteiger partial charge in [0.25, 0.3) is 0 Å². The molecule has 0 amide bonds. The summed E-state index contributed by atoms with van der Waals surface area (Å²) in [5.74, 6) is 1.70. The summed E-state index contributed by atoms with van der Waals surface area (Å²) in [4.78, 5) is 0. The molecule has 1 aliphatic rings. The number of rotatable bonds is 3. The van der Waals surface area contributed by atoms with Gasteiger partial charge in [-0.25, -0.2) is 0 Å². The molecule has 100 valence electrons. The molecule has 20 heavy (non-hydrogen) atoms. The van der Waals surface area contributed by atoms with Crippen LogP contribution in [0.5, 0.6) is 11.5 Å². The van der Waals surface area contributed by atoms with Crippen LogP contribution >= 0.6 is 0 Å². The Balaban J connectivity index is 1.82. The fourth-order valence-electron chi connectivity index (χ4n) is 2.15. The van der Waals surface area contributed by atoms with Gasteiger partial charge in [-0.1, -0.05) is 42.5 Å². The molecule has 2 aromatic rings. The maximum absolute atomic E-state index is 5.77. The van der Waals surface area contributed by atoms with E-state index >= 15 is 0 Å². The molecule has 2 nitrogen and oxygen atoms in total. The molecule has 2 aromatic carbocycles. The minimum atomic E-state index is 0.587. The van der Waals surface area contributed by atoms with Crippen molar-refractivity contribution in [3.05, 3.63) is 71.3 Å². The lowest BCUT2D eigenvalue weighted by Crippen LogP contribution is -2.05. The van der Waals surface area contributed by atoms with E-state index in [1.165, 1.54) is 5.56 Å². The van der Waals surface area contributed by atoms with Gasteiger partial charge in [-0.15, -0.1) is 0 Å². The Bertz CT molecular complexity index is 654. The molecule has 0 radical (unpaired) electrons. The predicted octanol–water partition coefficient (Wildman–Crippen LogP) is 4.18. The van der Waals surface area contributed by atoms with Gasteiger partial charge in [0.15, 0.2) is 0 Å². The van der Waals surface area contributed by atoms with Crippen LogP contribution in [-0.2, 0) is 0 Å². The van der Waals surface area contributed by atoms with Gasteiger partial charge >= 0.3 is 0 Å². The van der Waals surface area contributed by atoms with E-state index in [1.807, 2.05) is 36.4 Å². The van der Waals surface area contributed by atoms with Crippen LogP contribution in [0.25, 0.3) is 12.2 Å². The topological polar surface area (TPSA) is 18.5 Å². The van der Waals surface area contributed by atoms with Gasteiger partial charge in [-0.05, 0) is 29.3 Å². The first-order valence-corrected chi connectivity index (χ1v) is 6.60. The summed E-state index contributed by atoms with van der Waals surface area (Å²) in [6, 6.07) is 16.1. The van der Waals surface area contributed by atoms with Crippen molar-refractivity contribution in [2.24, 2.45) is 0 Å². The fourth-order valence-corrected chi connectivity index (χ4v) is 2.15. The maximum atomic E-state index is 5.77. The Morgan fingerprint density at radius 2 is 1.90 bits per heavy atom. The largest absolute Gasteiger partial charge is 0.497 e. The van der Waals surface area contributed by atoms with Crippen LogP contribution in [0.2, 0.25) is 0 Å². The SMILES string of the molecule is COc1ccc2c(c1)OCC(/C=C/c1ccccc1)=C2. The first kappa shape index (κ1) is 12.5. The van der Waals surface area contributed by atoms with Crippen molar-refractivity contribution in [1.29, 1.82) is 0 Å². The highest BCUT2D eigenvalue weighted by atomic mass is 16.5. The third-order valence-corrected chi connectivity index (χ3v) is 3.25. The molecular weight excluding hydrogens is 248 g/mol. The number of benzene rings is 2. The molecule has 0 N–H and O–H groups in total. The van der Waals surface area contributed by atoms with Crippen LogP contribution in [0.1, 0.15) is 11.1 Å². The Morgan fingerprint density at radius 1 is 1.05 bits per heavy atom. The molecule has 0 aromatic heterocycles. The molecule has 0 saturated heterocycles. The number of ether oxygens (including phenoxy) is 2. The zero-order valence-corrected chi connectivity index (χ0v) is 11.4. The third-order valence-electron chi connectivity index (χ3n) is 3.25. The van der Waals surface area contributed by atoms with Gasteiger partial charge in [0.2, 0.25) is 0 Å². The quantitative estimate of drug-likeness (QED) is 0.827. The second-order valence-electron chi connectivity index (χ2n) is 4.66. The zero-order valence-electron chi connectivity index (χ0n) is 11.4. The van der Waals surface area contributed by atoms with Crippen LogP contribution < -0.4 is 9.47 Å². The Hall–Kier alpha value is -2.48. The van der Waals surface area contributed by atoms with Crippen LogP contribution in [0.3, 0.4) is 0 Å². The highest BCUT2D eigenvalue weighted by molar-refractivity contribution is 5.68. The zero-order chi connectivity index (χ0) is 13.8. The second-order valence-corrected chi connectivity index (χ2v) is 4.66. The summed E-state index contributed by atoms with van der Waals surface area (Å²) in [7, 11) is 1.66. The van der Waals surface area contributed by atoms with Crippen molar-refractivity contribution in [3.8, 4) is 11.5 Å². The molecule has 0 saturated carbocycles. The molecule has 3 rings (SSSR count). The summed E-state index contributed by atoms with van der Waals surface area (Å²) in [5, 5.41) is 0. The number of hydrogen-bond acceptors (Lipinski definition) is 2. The molecular formula is C18H16O2. The van der Waals surface area contributed by atoms with E-state index in [0.717, 1.165) is 22.6 Å². The standard InChI is InChI=1S/C18H16O2/c1-19-17-10-9-16-11-15(13-20-18(16)12-17)8-7-14-5-3-2-4-6-14/h2-12H,13H2,1H3/b8-7+. The van der Waals surface area contributed by atoms with Crippen LogP contribution in [0.15, 0.2) is 60.2 Å². The van der Waals surface area contributed by atoms with E-state index in [4.69, 9.17) is 9.47 Å². The Labute approximate surface area is 119 Å². The van der Waals surface area contributed by atoms with Gasteiger partial charge in [-0.2, -0.15) is 0 Å².